The highest BCUT2D eigenvalue weighted by Gasteiger charge is 2.07. The molecule has 18 heavy (non-hydrogen) atoms. The van der Waals surface area contributed by atoms with E-state index in [0.717, 1.165) is 30.3 Å². The van der Waals surface area contributed by atoms with E-state index in [1.54, 1.807) is 6.20 Å². The molecule has 0 fully saturated rings. The van der Waals surface area contributed by atoms with Crippen molar-refractivity contribution in [2.24, 2.45) is 0 Å². The second-order valence-electron chi connectivity index (χ2n) is 3.85. The van der Waals surface area contributed by atoms with Gasteiger partial charge in [-0.15, -0.1) is 16.7 Å². The van der Waals surface area contributed by atoms with Crippen LogP contribution in [0, 0.1) is 0 Å². The second kappa shape index (κ2) is 6.31. The normalized spacial score (nSPS) is 10.3. The lowest BCUT2D eigenvalue weighted by Crippen LogP contribution is -2.24. The van der Waals surface area contributed by atoms with Gasteiger partial charge in [-0.2, -0.15) is 5.10 Å². The third kappa shape index (κ3) is 3.17. The van der Waals surface area contributed by atoms with Crippen molar-refractivity contribution in [2.45, 2.75) is 19.3 Å². The second-order valence-corrected chi connectivity index (χ2v) is 4.12. The van der Waals surface area contributed by atoms with Crippen LogP contribution in [-0.4, -0.2) is 21.7 Å². The molecule has 0 saturated heterocycles. The lowest BCUT2D eigenvalue weighted by atomic mass is 10.3. The summed E-state index contributed by atoms with van der Waals surface area (Å²) in [4.78, 5) is 6.43. The fraction of sp³-hybridized carbons (Fsp3) is 0.308. The van der Waals surface area contributed by atoms with Crippen molar-refractivity contribution < 1.29 is 0 Å². The zero-order valence-corrected chi connectivity index (χ0v) is 11.0. The minimum absolute atomic E-state index is 0.389. The average molecular weight is 263 g/mol. The molecule has 2 rings (SSSR count). The van der Waals surface area contributed by atoms with Crippen molar-refractivity contribution in [1.29, 1.82) is 0 Å². The molecule has 0 bridgehead atoms. The van der Waals surface area contributed by atoms with Gasteiger partial charge in [-0.1, -0.05) is 6.07 Å². The number of pyridine rings is 1. The molecule has 0 N–H and O–H groups in total. The van der Waals surface area contributed by atoms with Gasteiger partial charge in [0.05, 0.1) is 23.8 Å². The van der Waals surface area contributed by atoms with Gasteiger partial charge in [0.25, 0.3) is 0 Å². The Morgan fingerprint density at radius 1 is 1.11 bits per heavy atom. The summed E-state index contributed by atoms with van der Waals surface area (Å²) < 4.78 is 0. The fourth-order valence-corrected chi connectivity index (χ4v) is 1.78. The van der Waals surface area contributed by atoms with Crippen LogP contribution in [0.5, 0.6) is 0 Å². The molecule has 2 aromatic rings. The van der Waals surface area contributed by atoms with Crippen molar-refractivity contribution in [1.82, 2.24) is 15.2 Å². The van der Waals surface area contributed by atoms with Gasteiger partial charge >= 0.3 is 0 Å². The molecular formula is C13H15ClN4. The van der Waals surface area contributed by atoms with Crippen molar-refractivity contribution in [3.8, 4) is 0 Å². The van der Waals surface area contributed by atoms with Crippen LogP contribution in [0.1, 0.15) is 18.3 Å². The van der Waals surface area contributed by atoms with Crippen LogP contribution in [0.15, 0.2) is 36.5 Å². The minimum atomic E-state index is 0.389. The molecule has 0 aliphatic carbocycles. The van der Waals surface area contributed by atoms with E-state index in [1.807, 2.05) is 30.3 Å². The maximum absolute atomic E-state index is 5.70. The third-order valence-corrected chi connectivity index (χ3v) is 2.90. The number of hydrogen-bond donors (Lipinski definition) is 0. The number of nitrogens with zero attached hydrogens (tertiary/aromatic N) is 4. The number of anilines is 1. The van der Waals surface area contributed by atoms with E-state index in [9.17, 15) is 0 Å². The Morgan fingerprint density at radius 2 is 2.00 bits per heavy atom. The van der Waals surface area contributed by atoms with Crippen LogP contribution in [0.25, 0.3) is 0 Å². The van der Waals surface area contributed by atoms with Gasteiger partial charge in [-0.05, 0) is 31.2 Å². The third-order valence-electron chi connectivity index (χ3n) is 2.63. The molecule has 4 nitrogen and oxygen atoms in total. The van der Waals surface area contributed by atoms with Crippen LogP contribution in [0.3, 0.4) is 0 Å². The summed E-state index contributed by atoms with van der Waals surface area (Å²) in [6, 6.07) is 9.74. The summed E-state index contributed by atoms with van der Waals surface area (Å²) in [6.07, 6.45) is 1.80. The number of hydrogen-bond acceptors (Lipinski definition) is 4. The maximum atomic E-state index is 5.70. The van der Waals surface area contributed by atoms with Gasteiger partial charge in [0.2, 0.25) is 0 Å². The Balaban J connectivity index is 2.12. The van der Waals surface area contributed by atoms with Crippen LogP contribution >= 0.6 is 11.6 Å². The van der Waals surface area contributed by atoms with Gasteiger partial charge in [0, 0.05) is 12.7 Å². The molecule has 0 spiro atoms. The lowest BCUT2D eigenvalue weighted by molar-refractivity contribution is 0.775. The Morgan fingerprint density at radius 3 is 2.56 bits per heavy atom. The van der Waals surface area contributed by atoms with E-state index in [-0.39, 0.29) is 0 Å². The summed E-state index contributed by atoms with van der Waals surface area (Å²) in [6.45, 7) is 3.66. The van der Waals surface area contributed by atoms with E-state index >= 15 is 0 Å². The average Bonchev–Trinajstić information content (AvgIpc) is 2.46. The smallest absolute Gasteiger partial charge is 0.151 e. The van der Waals surface area contributed by atoms with E-state index < -0.39 is 0 Å². The predicted octanol–water partition coefficient (Wildman–Crippen LogP) is 2.64. The van der Waals surface area contributed by atoms with Crippen molar-refractivity contribution in [3.63, 3.8) is 0 Å². The van der Waals surface area contributed by atoms with Crippen LogP contribution < -0.4 is 4.90 Å². The van der Waals surface area contributed by atoms with E-state index in [0.29, 0.717) is 5.88 Å². The quantitative estimate of drug-likeness (QED) is 0.777. The Labute approximate surface area is 112 Å². The van der Waals surface area contributed by atoms with Crippen molar-refractivity contribution >= 4 is 17.4 Å². The number of rotatable bonds is 5. The van der Waals surface area contributed by atoms with E-state index in [2.05, 4.69) is 27.0 Å². The Kier molecular flexibility index (Phi) is 4.47. The Bertz CT molecular complexity index is 472. The SMILES string of the molecule is CCN(Cc1ccccn1)c1ccc(CCl)nn1. The van der Waals surface area contributed by atoms with Crippen LogP contribution in [0.4, 0.5) is 5.82 Å². The number of aromatic nitrogens is 3. The summed E-state index contributed by atoms with van der Waals surface area (Å²) in [5.74, 6) is 1.23. The van der Waals surface area contributed by atoms with Gasteiger partial charge in [0.1, 0.15) is 0 Å². The molecule has 0 aliphatic rings. The zero-order chi connectivity index (χ0) is 12.8. The zero-order valence-electron chi connectivity index (χ0n) is 10.3. The first kappa shape index (κ1) is 12.8. The van der Waals surface area contributed by atoms with Crippen LogP contribution in [0.2, 0.25) is 0 Å². The number of halogens is 1. The minimum Gasteiger partial charge on any atom is -0.350 e. The standard InChI is InChI=1S/C13H15ClN4/c1-2-18(10-12-5-3-4-8-15-12)13-7-6-11(9-14)16-17-13/h3-8H,2,9-10H2,1H3. The highest BCUT2D eigenvalue weighted by molar-refractivity contribution is 6.16. The molecule has 5 heteroatoms. The summed E-state index contributed by atoms with van der Waals surface area (Å²) >= 11 is 5.70. The fourth-order valence-electron chi connectivity index (χ4n) is 1.63. The van der Waals surface area contributed by atoms with E-state index in [1.165, 1.54) is 0 Å². The van der Waals surface area contributed by atoms with Crippen molar-refractivity contribution in [3.05, 3.63) is 47.9 Å². The van der Waals surface area contributed by atoms with Crippen LogP contribution in [-0.2, 0) is 12.4 Å². The molecule has 94 valence electrons. The molecule has 2 heterocycles. The van der Waals surface area contributed by atoms with Gasteiger partial charge in [0.15, 0.2) is 5.82 Å². The molecule has 2 aromatic heterocycles. The largest absolute Gasteiger partial charge is 0.350 e. The topological polar surface area (TPSA) is 41.9 Å². The van der Waals surface area contributed by atoms with Gasteiger partial charge in [-0.3, -0.25) is 4.98 Å². The molecular weight excluding hydrogens is 248 g/mol. The highest BCUT2D eigenvalue weighted by Crippen LogP contribution is 2.13. The monoisotopic (exact) mass is 262 g/mol. The predicted molar refractivity (Wildman–Crippen MR) is 72.6 cm³/mol. The molecule has 0 atom stereocenters. The number of alkyl halides is 1. The maximum Gasteiger partial charge on any atom is 0.151 e. The summed E-state index contributed by atoms with van der Waals surface area (Å²) in [5.41, 5.74) is 1.80. The lowest BCUT2D eigenvalue weighted by Gasteiger charge is -2.20. The van der Waals surface area contributed by atoms with Gasteiger partial charge < -0.3 is 4.90 Å². The molecule has 0 unspecified atom stereocenters. The Hall–Kier alpha value is -1.68. The highest BCUT2D eigenvalue weighted by atomic mass is 35.5. The first-order valence-corrected chi connectivity index (χ1v) is 6.40. The summed E-state index contributed by atoms with van der Waals surface area (Å²) in [7, 11) is 0. The molecule has 0 radical (unpaired) electrons. The molecule has 0 aromatic carbocycles. The van der Waals surface area contributed by atoms with Gasteiger partial charge in [-0.25, -0.2) is 0 Å². The molecule has 0 amide bonds. The van der Waals surface area contributed by atoms with E-state index in [4.69, 9.17) is 11.6 Å². The summed E-state index contributed by atoms with van der Waals surface area (Å²) in [5, 5.41) is 8.24. The first-order valence-electron chi connectivity index (χ1n) is 5.87. The first-order chi connectivity index (χ1) is 8.83. The van der Waals surface area contributed by atoms with Crippen molar-refractivity contribution in [2.75, 3.05) is 11.4 Å². The molecule has 0 saturated carbocycles. The molecule has 0 aliphatic heterocycles.